The molecule has 5 rings (SSSR count). The summed E-state index contributed by atoms with van der Waals surface area (Å²) in [6.45, 7) is 1.79. The molecule has 29 heavy (non-hydrogen) atoms. The molecule has 1 aromatic heterocycles. The highest BCUT2D eigenvalue weighted by Gasteiger charge is 2.19. The van der Waals surface area contributed by atoms with Gasteiger partial charge in [-0.15, -0.1) is 6.42 Å². The van der Waals surface area contributed by atoms with E-state index in [0.717, 1.165) is 17.7 Å². The van der Waals surface area contributed by atoms with Crippen molar-refractivity contribution in [3.05, 3.63) is 98.2 Å². The number of benzene rings is 3. The summed E-state index contributed by atoms with van der Waals surface area (Å²) in [4.78, 5) is 27.2. The molecule has 0 amide bonds. The van der Waals surface area contributed by atoms with Crippen LogP contribution in [0, 0.1) is 30.9 Å². The van der Waals surface area contributed by atoms with E-state index in [1.165, 1.54) is 17.2 Å². The summed E-state index contributed by atoms with van der Waals surface area (Å²) in [6, 6.07) is 15.2. The molecule has 0 unspecified atom stereocenters. The van der Waals surface area contributed by atoms with Crippen LogP contribution < -0.4 is 11.2 Å². The lowest BCUT2D eigenvalue weighted by Crippen LogP contribution is -2.35. The van der Waals surface area contributed by atoms with Gasteiger partial charge < -0.3 is 4.98 Å². The fourth-order valence-corrected chi connectivity index (χ4v) is 3.05. The Balaban J connectivity index is 0.000000286. The predicted molar refractivity (Wildman–Crippen MR) is 108 cm³/mol. The van der Waals surface area contributed by atoms with E-state index in [4.69, 9.17) is 6.42 Å². The molecule has 2 aromatic carbocycles. The fraction of sp³-hybridized carbons (Fsp3) is 0.0435. The highest BCUT2D eigenvalue weighted by atomic mass is 19.1. The zero-order valence-corrected chi connectivity index (χ0v) is 15.3. The second kappa shape index (κ2) is 6.88. The molecule has 3 aromatic rings. The zero-order chi connectivity index (χ0) is 20.7. The molecule has 0 fully saturated rings. The third-order valence-electron chi connectivity index (χ3n) is 4.72. The monoisotopic (exact) mass is 388 g/mol. The number of hydrogen-bond acceptors (Lipinski definition) is 2. The van der Waals surface area contributed by atoms with Crippen LogP contribution in [0.5, 0.6) is 0 Å². The molecule has 1 heterocycles. The number of aromatic amines is 1. The van der Waals surface area contributed by atoms with Gasteiger partial charge in [-0.25, -0.2) is 18.1 Å². The van der Waals surface area contributed by atoms with E-state index < -0.39 is 28.6 Å². The second-order valence-corrected chi connectivity index (χ2v) is 6.60. The van der Waals surface area contributed by atoms with Gasteiger partial charge in [-0.05, 0) is 47.9 Å². The number of nitrogens with one attached hydrogen (secondary N) is 1. The Bertz CT molecular complexity index is 1400. The van der Waals surface area contributed by atoms with Crippen LogP contribution in [0.25, 0.3) is 27.7 Å². The molecular weight excluding hydrogens is 374 g/mol. The van der Waals surface area contributed by atoms with Crippen LogP contribution in [0.1, 0.15) is 11.1 Å². The number of aryl methyl sites for hydroxylation is 1. The molecule has 0 bridgehead atoms. The number of terminal acetylenes is 1. The zero-order valence-electron chi connectivity index (χ0n) is 15.3. The first-order valence-corrected chi connectivity index (χ1v) is 8.72. The highest BCUT2D eigenvalue weighted by Crippen LogP contribution is 2.29. The van der Waals surface area contributed by atoms with Crippen LogP contribution in [0.2, 0.25) is 0 Å². The van der Waals surface area contributed by atoms with Gasteiger partial charge in [-0.1, -0.05) is 36.3 Å². The summed E-state index contributed by atoms with van der Waals surface area (Å²) in [5.41, 5.74) is 1.19. The average Bonchev–Trinajstić information content (AvgIpc) is 2.67. The highest BCUT2D eigenvalue weighted by molar-refractivity contribution is 5.78. The largest absolute Gasteiger partial charge is 0.333 e. The molecule has 2 aliphatic carbocycles. The quantitative estimate of drug-likeness (QED) is 0.443. The third kappa shape index (κ3) is 3.03. The summed E-state index contributed by atoms with van der Waals surface area (Å²) in [5, 5.41) is 0.139. The van der Waals surface area contributed by atoms with E-state index in [9.17, 15) is 18.4 Å². The molecular formula is C23H14F2N2O2. The lowest BCUT2D eigenvalue weighted by Gasteiger charge is -2.10. The molecule has 0 saturated heterocycles. The maximum atomic E-state index is 14.3. The van der Waals surface area contributed by atoms with Crippen LogP contribution in [0.15, 0.2) is 64.2 Å². The number of halogens is 2. The maximum absolute atomic E-state index is 14.3. The Kier molecular flexibility index (Phi) is 4.36. The Morgan fingerprint density at radius 2 is 1.62 bits per heavy atom. The molecule has 0 saturated carbocycles. The SMILES string of the molecule is C#Cc1ccc(F)c(-n2c(=O)[nH]c3cc(C)ccc3c2=O)c1F.c1cc2ccc1-2. The summed E-state index contributed by atoms with van der Waals surface area (Å²) in [6.07, 6.45) is 5.15. The van der Waals surface area contributed by atoms with Gasteiger partial charge >= 0.3 is 5.69 Å². The van der Waals surface area contributed by atoms with Crippen molar-refractivity contribution in [1.82, 2.24) is 9.55 Å². The van der Waals surface area contributed by atoms with E-state index in [0.29, 0.717) is 10.1 Å². The third-order valence-corrected chi connectivity index (χ3v) is 4.72. The van der Waals surface area contributed by atoms with E-state index in [1.807, 2.05) is 5.92 Å². The van der Waals surface area contributed by atoms with Crippen LogP contribution in [0.3, 0.4) is 0 Å². The van der Waals surface area contributed by atoms with Crippen molar-refractivity contribution < 1.29 is 8.78 Å². The van der Waals surface area contributed by atoms with Gasteiger partial charge in [0.25, 0.3) is 5.56 Å². The summed E-state index contributed by atoms with van der Waals surface area (Å²) in [7, 11) is 0. The van der Waals surface area contributed by atoms with Gasteiger partial charge in [0, 0.05) is 0 Å². The topological polar surface area (TPSA) is 54.9 Å². The summed E-state index contributed by atoms with van der Waals surface area (Å²) in [5.74, 6) is -0.141. The van der Waals surface area contributed by atoms with Gasteiger partial charge in [0.1, 0.15) is 5.69 Å². The minimum Gasteiger partial charge on any atom is -0.306 e. The van der Waals surface area contributed by atoms with Crippen molar-refractivity contribution in [2.24, 2.45) is 0 Å². The fourth-order valence-electron chi connectivity index (χ4n) is 3.05. The molecule has 142 valence electrons. The first-order valence-electron chi connectivity index (χ1n) is 8.72. The summed E-state index contributed by atoms with van der Waals surface area (Å²) < 4.78 is 28.8. The van der Waals surface area contributed by atoms with E-state index >= 15 is 0 Å². The van der Waals surface area contributed by atoms with E-state index in [2.05, 4.69) is 29.2 Å². The van der Waals surface area contributed by atoms with E-state index in [-0.39, 0.29) is 10.9 Å². The van der Waals surface area contributed by atoms with Crippen LogP contribution in [-0.4, -0.2) is 9.55 Å². The lowest BCUT2D eigenvalue weighted by molar-refractivity contribution is 0.561. The minimum absolute atomic E-state index is 0.139. The van der Waals surface area contributed by atoms with Crippen LogP contribution in [0.4, 0.5) is 8.78 Å². The van der Waals surface area contributed by atoms with E-state index in [1.54, 1.807) is 19.1 Å². The van der Waals surface area contributed by atoms with Crippen molar-refractivity contribution in [3.63, 3.8) is 0 Å². The molecule has 1 N–H and O–H groups in total. The normalized spacial score (nSPS) is 10.8. The van der Waals surface area contributed by atoms with Crippen molar-refractivity contribution >= 4 is 10.9 Å². The Morgan fingerprint density at radius 1 is 0.966 bits per heavy atom. The number of nitrogens with zero attached hydrogens (tertiary/aromatic N) is 1. The number of fused-ring (bicyclic) bond motifs is 2. The molecule has 2 aliphatic rings. The van der Waals surface area contributed by atoms with Gasteiger partial charge in [-0.3, -0.25) is 4.79 Å². The number of rotatable bonds is 1. The molecule has 0 aliphatic heterocycles. The van der Waals surface area contributed by atoms with Crippen LogP contribution in [-0.2, 0) is 0 Å². The first-order chi connectivity index (χ1) is 13.9. The second-order valence-electron chi connectivity index (χ2n) is 6.60. The van der Waals surface area contributed by atoms with Gasteiger partial charge in [0.15, 0.2) is 11.6 Å². The summed E-state index contributed by atoms with van der Waals surface area (Å²) >= 11 is 0. The molecule has 0 radical (unpaired) electrons. The number of hydrogen-bond donors (Lipinski definition) is 1. The Hall–Kier alpha value is -3.98. The average molecular weight is 388 g/mol. The van der Waals surface area contributed by atoms with Gasteiger partial charge in [-0.2, -0.15) is 0 Å². The van der Waals surface area contributed by atoms with Gasteiger partial charge in [0.2, 0.25) is 0 Å². The minimum atomic E-state index is -1.13. The Labute approximate surface area is 164 Å². The van der Waals surface area contributed by atoms with Crippen molar-refractivity contribution in [1.29, 1.82) is 0 Å². The Morgan fingerprint density at radius 3 is 2.17 bits per heavy atom. The maximum Gasteiger partial charge on any atom is 0.333 e. The molecule has 6 heteroatoms. The molecule has 0 spiro atoms. The number of H-pyrrole nitrogens is 1. The van der Waals surface area contributed by atoms with Crippen molar-refractivity contribution in [3.8, 4) is 29.2 Å². The van der Waals surface area contributed by atoms with Gasteiger partial charge in [0.05, 0.1) is 16.5 Å². The molecule has 0 atom stereocenters. The van der Waals surface area contributed by atoms with Crippen LogP contribution >= 0.6 is 0 Å². The standard InChI is InChI=1S/C17H10F2N2O2.C6H4/c1-3-10-5-7-12(18)15(14(10)19)21-16(22)11-6-4-9(2)8-13(11)20-17(21)23;1-2-6-4-3-5(1)6/h1,4-8H,2H3,(H,20,23);1-4H. The first kappa shape index (κ1) is 18.4. The van der Waals surface area contributed by atoms with Crippen molar-refractivity contribution in [2.75, 3.05) is 0 Å². The van der Waals surface area contributed by atoms with Crippen molar-refractivity contribution in [2.45, 2.75) is 6.92 Å². The molecule has 4 nitrogen and oxygen atoms in total. The predicted octanol–water partition coefficient (Wildman–Crippen LogP) is 3.91. The smallest absolute Gasteiger partial charge is 0.306 e. The lowest BCUT2D eigenvalue weighted by atomic mass is 9.95. The number of aromatic nitrogens is 2.